The number of sulfone groups is 1. The quantitative estimate of drug-likeness (QED) is 0.279. The third kappa shape index (κ3) is 9.06. The molecule has 0 saturated heterocycles. The van der Waals surface area contributed by atoms with Crippen LogP contribution in [0.25, 0.3) is 0 Å². The van der Waals surface area contributed by atoms with Crippen molar-refractivity contribution in [2.45, 2.75) is 87.6 Å². The number of carbonyl (C=O) groups is 1. The van der Waals surface area contributed by atoms with Crippen LogP contribution in [0, 0.1) is 0 Å². The highest BCUT2D eigenvalue weighted by Gasteiger charge is 2.25. The first-order chi connectivity index (χ1) is 19.9. The average Bonchev–Trinajstić information content (AvgIpc) is 2.93. The lowest BCUT2D eigenvalue weighted by molar-refractivity contribution is 0.0492. The number of nitrogens with zero attached hydrogens (tertiary/aromatic N) is 2. The van der Waals surface area contributed by atoms with Crippen molar-refractivity contribution >= 4 is 33.3 Å². The summed E-state index contributed by atoms with van der Waals surface area (Å²) >= 11 is 6.10. The average molecular weight is 615 g/mol. The van der Waals surface area contributed by atoms with Crippen molar-refractivity contribution in [2.24, 2.45) is 0 Å². The molecule has 4 rings (SSSR count). The van der Waals surface area contributed by atoms with E-state index in [0.717, 1.165) is 49.0 Å². The normalized spacial score (nSPS) is 17.4. The first-order valence-corrected chi connectivity index (χ1v) is 16.2. The lowest BCUT2D eigenvalue weighted by atomic mass is 9.91. The number of benzene rings is 1. The van der Waals surface area contributed by atoms with Crippen LogP contribution in [-0.2, 0) is 33.2 Å². The number of hydrogen-bond acceptors (Lipinski definition) is 8. The summed E-state index contributed by atoms with van der Waals surface area (Å²) in [6.07, 6.45) is 6.54. The Hall–Kier alpha value is -3.37. The Morgan fingerprint density at radius 1 is 1.00 bits per heavy atom. The molecule has 1 aromatic carbocycles. The minimum atomic E-state index is -3.65. The van der Waals surface area contributed by atoms with Crippen LogP contribution in [-0.4, -0.2) is 49.3 Å². The summed E-state index contributed by atoms with van der Waals surface area (Å²) in [5.41, 5.74) is 1.84. The lowest BCUT2D eigenvalue weighted by Crippen LogP contribution is -2.42. The molecule has 42 heavy (non-hydrogen) atoms. The molecule has 1 saturated carbocycles. The zero-order valence-corrected chi connectivity index (χ0v) is 26.1. The lowest BCUT2D eigenvalue weighted by Gasteiger charge is -2.30. The van der Waals surface area contributed by atoms with Crippen molar-refractivity contribution in [3.05, 3.63) is 76.6 Å². The van der Waals surface area contributed by atoms with Gasteiger partial charge in [0.25, 0.3) is 0 Å². The molecule has 0 radical (unpaired) electrons. The zero-order valence-electron chi connectivity index (χ0n) is 24.5. The summed E-state index contributed by atoms with van der Waals surface area (Å²) < 4.78 is 36.6. The van der Waals surface area contributed by atoms with Crippen LogP contribution in [0.4, 0.5) is 10.6 Å². The Kier molecular flexibility index (Phi) is 10.3. The minimum Gasteiger partial charge on any atom is -0.481 e. The van der Waals surface area contributed by atoms with Crippen molar-refractivity contribution in [1.29, 1.82) is 0 Å². The molecule has 1 amide bonds. The van der Waals surface area contributed by atoms with Gasteiger partial charge in [0, 0.05) is 23.8 Å². The third-order valence-electron chi connectivity index (χ3n) is 7.01. The van der Waals surface area contributed by atoms with Gasteiger partial charge < -0.3 is 20.1 Å². The van der Waals surface area contributed by atoms with E-state index >= 15 is 0 Å². The Morgan fingerprint density at radius 2 is 1.71 bits per heavy atom. The highest BCUT2D eigenvalue weighted by atomic mass is 35.5. The van der Waals surface area contributed by atoms with Gasteiger partial charge in [-0.05, 0) is 89.1 Å². The second kappa shape index (κ2) is 13.7. The van der Waals surface area contributed by atoms with Gasteiger partial charge in [0.1, 0.15) is 11.4 Å². The van der Waals surface area contributed by atoms with Crippen LogP contribution in [0.5, 0.6) is 5.88 Å². The second-order valence-electron chi connectivity index (χ2n) is 11.6. The number of nitrogens with one attached hydrogen (secondary N) is 2. The molecule has 11 heteroatoms. The highest BCUT2D eigenvalue weighted by Crippen LogP contribution is 2.26. The van der Waals surface area contributed by atoms with E-state index in [0.29, 0.717) is 24.0 Å². The molecular formula is C31H39ClN4O5S. The van der Waals surface area contributed by atoms with Gasteiger partial charge in [0.05, 0.1) is 28.5 Å². The molecule has 2 N–H and O–H groups in total. The molecule has 9 nitrogen and oxygen atoms in total. The number of ether oxygens (including phenoxy) is 2. The van der Waals surface area contributed by atoms with E-state index in [1.165, 1.54) is 13.2 Å². The highest BCUT2D eigenvalue weighted by molar-refractivity contribution is 7.90. The van der Waals surface area contributed by atoms with Crippen molar-refractivity contribution < 1.29 is 22.7 Å². The summed E-state index contributed by atoms with van der Waals surface area (Å²) in [6.45, 7) is 5.58. The van der Waals surface area contributed by atoms with Crippen molar-refractivity contribution in [1.82, 2.24) is 15.3 Å². The number of aromatic nitrogens is 2. The number of pyridine rings is 2. The molecule has 0 unspecified atom stereocenters. The van der Waals surface area contributed by atoms with Crippen LogP contribution in [0.15, 0.2) is 59.6 Å². The van der Waals surface area contributed by atoms with Gasteiger partial charge in [-0.25, -0.2) is 23.2 Å². The van der Waals surface area contributed by atoms with E-state index in [9.17, 15) is 13.2 Å². The van der Waals surface area contributed by atoms with E-state index in [1.54, 1.807) is 24.3 Å². The standard InChI is InChI=1S/C31H39ClN4O5S/c1-31(2,3)41-30(37)36-24-16-14-23(15-17-24)34-28-18-10-21(19-33-28)9-11-22-12-13-25(35-29(22)40-4)20-42(38,39)27-8-6-5-7-26(27)32/h5-8,10,12-13,18-19,23-24H,9,11,14-17,20H2,1-4H3,(H,33,34)(H,36,37). The van der Waals surface area contributed by atoms with Crippen molar-refractivity contribution in [2.75, 3.05) is 12.4 Å². The molecular weight excluding hydrogens is 576 g/mol. The van der Waals surface area contributed by atoms with Crippen LogP contribution in [0.3, 0.4) is 0 Å². The molecule has 0 bridgehead atoms. The number of halogens is 1. The molecule has 1 aliphatic carbocycles. The number of hydrogen-bond donors (Lipinski definition) is 2. The number of carbonyl (C=O) groups excluding carboxylic acids is 1. The fourth-order valence-corrected chi connectivity index (χ4v) is 6.77. The van der Waals surface area contributed by atoms with Crippen molar-refractivity contribution in [3.63, 3.8) is 0 Å². The molecule has 3 aromatic rings. The fraction of sp³-hybridized carbons (Fsp3) is 0.452. The predicted octanol–water partition coefficient (Wildman–Crippen LogP) is 6.15. The van der Waals surface area contributed by atoms with Crippen LogP contribution < -0.4 is 15.4 Å². The van der Waals surface area contributed by atoms with Gasteiger partial charge in [-0.1, -0.05) is 35.9 Å². The smallest absolute Gasteiger partial charge is 0.407 e. The second-order valence-corrected chi connectivity index (χ2v) is 13.9. The number of methoxy groups -OCH3 is 1. The van der Waals surface area contributed by atoms with Crippen LogP contribution in [0.1, 0.15) is 63.3 Å². The van der Waals surface area contributed by atoms with E-state index in [4.69, 9.17) is 21.1 Å². The van der Waals surface area contributed by atoms with Crippen LogP contribution in [0.2, 0.25) is 5.02 Å². The van der Waals surface area contributed by atoms with Gasteiger partial charge >= 0.3 is 6.09 Å². The first kappa shape index (κ1) is 31.6. The summed E-state index contributed by atoms with van der Waals surface area (Å²) in [7, 11) is -2.12. The molecule has 2 aromatic heterocycles. The molecule has 1 fully saturated rings. The number of amides is 1. The maximum atomic E-state index is 12.9. The summed E-state index contributed by atoms with van der Waals surface area (Å²) in [5.74, 6) is 0.962. The Balaban J connectivity index is 1.27. The van der Waals surface area contributed by atoms with E-state index < -0.39 is 15.4 Å². The SMILES string of the molecule is COc1nc(CS(=O)(=O)c2ccccc2Cl)ccc1CCc1ccc(NC2CCC(NC(=O)OC(C)(C)C)CC2)nc1. The van der Waals surface area contributed by atoms with Crippen LogP contribution >= 0.6 is 11.6 Å². The fourth-order valence-electron chi connectivity index (χ4n) is 4.93. The van der Waals surface area contributed by atoms with E-state index in [-0.39, 0.29) is 27.8 Å². The Morgan fingerprint density at radius 3 is 2.36 bits per heavy atom. The summed E-state index contributed by atoms with van der Waals surface area (Å²) in [6, 6.07) is 14.4. The molecule has 0 aliphatic heterocycles. The van der Waals surface area contributed by atoms with Gasteiger partial charge in [0.15, 0.2) is 9.84 Å². The maximum absolute atomic E-state index is 12.9. The molecule has 2 heterocycles. The molecule has 0 atom stereocenters. The zero-order chi connectivity index (χ0) is 30.3. The van der Waals surface area contributed by atoms with Gasteiger partial charge in [-0.15, -0.1) is 0 Å². The number of aryl methyl sites for hydroxylation is 2. The third-order valence-corrected chi connectivity index (χ3v) is 9.15. The molecule has 1 aliphatic rings. The minimum absolute atomic E-state index is 0.0878. The van der Waals surface area contributed by atoms with Crippen molar-refractivity contribution in [3.8, 4) is 5.88 Å². The number of anilines is 1. The predicted molar refractivity (Wildman–Crippen MR) is 164 cm³/mol. The number of rotatable bonds is 10. The largest absolute Gasteiger partial charge is 0.481 e. The Bertz CT molecular complexity index is 1470. The summed E-state index contributed by atoms with van der Waals surface area (Å²) in [5, 5.41) is 6.68. The topological polar surface area (TPSA) is 120 Å². The monoisotopic (exact) mass is 614 g/mol. The van der Waals surface area contributed by atoms with Gasteiger partial charge in [-0.3, -0.25) is 0 Å². The van der Waals surface area contributed by atoms with E-state index in [2.05, 4.69) is 26.7 Å². The summed E-state index contributed by atoms with van der Waals surface area (Å²) in [4.78, 5) is 21.2. The first-order valence-electron chi connectivity index (χ1n) is 14.1. The Labute approximate surface area is 253 Å². The van der Waals surface area contributed by atoms with Gasteiger partial charge in [-0.2, -0.15) is 0 Å². The van der Waals surface area contributed by atoms with E-state index in [1.807, 2.05) is 39.1 Å². The molecule has 0 spiro atoms. The van der Waals surface area contributed by atoms with Gasteiger partial charge in [0.2, 0.25) is 5.88 Å². The maximum Gasteiger partial charge on any atom is 0.407 e. The molecule has 226 valence electrons. The number of alkyl carbamates (subject to hydrolysis) is 1.